The molecule has 0 N–H and O–H groups in total. The van der Waals surface area contributed by atoms with Gasteiger partial charge in [-0.25, -0.2) is 0 Å². The Morgan fingerprint density at radius 1 is 0.889 bits per heavy atom. The third-order valence-electron chi connectivity index (χ3n) is 4.14. The van der Waals surface area contributed by atoms with Gasteiger partial charge in [0.2, 0.25) is 0 Å². The monoisotopic (exact) mass is 239 g/mol. The van der Waals surface area contributed by atoms with Gasteiger partial charge in [-0.1, -0.05) is 32.0 Å². The normalized spacial score (nSPS) is 13.9. The second kappa shape index (κ2) is 4.64. The molecule has 1 heteroatoms. The average Bonchev–Trinajstić information content (AvgIpc) is 2.98. The van der Waals surface area contributed by atoms with Crippen molar-refractivity contribution in [1.29, 1.82) is 0 Å². The zero-order valence-electron chi connectivity index (χ0n) is 11.4. The number of para-hydroxylation sites is 1. The standard InChI is InChI=1S/C17H21N/c1-3-16-14-11-8-12-15(14)17(4-2)18(16)13-9-6-5-7-10-13/h5-7,9-10H,3-4,8,11-12H2,1-2H3. The molecular weight excluding hydrogens is 218 g/mol. The van der Waals surface area contributed by atoms with Crippen molar-refractivity contribution >= 4 is 0 Å². The lowest BCUT2D eigenvalue weighted by molar-refractivity contribution is 0.809. The molecule has 1 aromatic carbocycles. The fraction of sp³-hybridized carbons (Fsp3) is 0.412. The summed E-state index contributed by atoms with van der Waals surface area (Å²) in [5.41, 5.74) is 7.73. The first-order valence-corrected chi connectivity index (χ1v) is 7.16. The van der Waals surface area contributed by atoms with Crippen molar-refractivity contribution in [2.75, 3.05) is 0 Å². The molecule has 0 fully saturated rings. The second-order valence-corrected chi connectivity index (χ2v) is 5.08. The molecule has 0 saturated heterocycles. The summed E-state index contributed by atoms with van der Waals surface area (Å²) in [7, 11) is 0. The number of benzene rings is 1. The predicted octanol–water partition coefficient (Wildman–Crippen LogP) is 4.09. The molecule has 1 heterocycles. The lowest BCUT2D eigenvalue weighted by Crippen LogP contribution is -2.05. The quantitative estimate of drug-likeness (QED) is 0.760. The number of nitrogens with zero attached hydrogens (tertiary/aromatic N) is 1. The minimum Gasteiger partial charge on any atom is -0.317 e. The van der Waals surface area contributed by atoms with E-state index in [-0.39, 0.29) is 0 Å². The average molecular weight is 239 g/mol. The summed E-state index contributed by atoms with van der Waals surface area (Å²) in [6.07, 6.45) is 6.19. The molecule has 0 spiro atoms. The van der Waals surface area contributed by atoms with Gasteiger partial charge in [-0.3, -0.25) is 0 Å². The summed E-state index contributed by atoms with van der Waals surface area (Å²) < 4.78 is 2.52. The molecule has 18 heavy (non-hydrogen) atoms. The maximum Gasteiger partial charge on any atom is 0.0455 e. The smallest absolute Gasteiger partial charge is 0.0455 e. The minimum absolute atomic E-state index is 1.14. The fourth-order valence-corrected chi connectivity index (χ4v) is 3.45. The highest BCUT2D eigenvalue weighted by Crippen LogP contribution is 2.34. The van der Waals surface area contributed by atoms with Gasteiger partial charge in [0.15, 0.2) is 0 Å². The van der Waals surface area contributed by atoms with E-state index in [1.54, 1.807) is 22.5 Å². The summed E-state index contributed by atoms with van der Waals surface area (Å²) in [5, 5.41) is 0. The first-order valence-electron chi connectivity index (χ1n) is 7.16. The third-order valence-corrected chi connectivity index (χ3v) is 4.14. The molecular formula is C17H21N. The first-order chi connectivity index (χ1) is 8.86. The molecule has 2 aromatic rings. The lowest BCUT2D eigenvalue weighted by Gasteiger charge is -2.13. The van der Waals surface area contributed by atoms with Gasteiger partial charge < -0.3 is 4.57 Å². The number of hydrogen-bond donors (Lipinski definition) is 0. The van der Waals surface area contributed by atoms with Crippen molar-refractivity contribution in [2.45, 2.75) is 46.0 Å². The van der Waals surface area contributed by atoms with Crippen LogP contribution in [-0.2, 0) is 25.7 Å². The summed E-state index contributed by atoms with van der Waals surface area (Å²) >= 11 is 0. The highest BCUT2D eigenvalue weighted by molar-refractivity contribution is 5.49. The Labute approximate surface area is 109 Å². The van der Waals surface area contributed by atoms with Crippen molar-refractivity contribution in [1.82, 2.24) is 4.57 Å². The maximum absolute atomic E-state index is 2.52. The lowest BCUT2D eigenvalue weighted by atomic mass is 10.1. The summed E-state index contributed by atoms with van der Waals surface area (Å²) in [4.78, 5) is 0. The molecule has 0 radical (unpaired) electrons. The van der Waals surface area contributed by atoms with Crippen LogP contribution in [0.2, 0.25) is 0 Å². The Morgan fingerprint density at radius 2 is 1.44 bits per heavy atom. The zero-order valence-corrected chi connectivity index (χ0v) is 11.4. The Balaban J connectivity index is 2.25. The molecule has 0 unspecified atom stereocenters. The van der Waals surface area contributed by atoms with Gasteiger partial charge >= 0.3 is 0 Å². The van der Waals surface area contributed by atoms with Crippen LogP contribution in [-0.4, -0.2) is 4.57 Å². The van der Waals surface area contributed by atoms with Crippen LogP contribution >= 0.6 is 0 Å². The van der Waals surface area contributed by atoms with Crippen molar-refractivity contribution in [3.05, 3.63) is 52.8 Å². The molecule has 94 valence electrons. The van der Waals surface area contributed by atoms with Crippen molar-refractivity contribution < 1.29 is 0 Å². The van der Waals surface area contributed by atoms with Gasteiger partial charge in [0, 0.05) is 17.1 Å². The van der Waals surface area contributed by atoms with E-state index in [0.29, 0.717) is 0 Å². The third kappa shape index (κ3) is 1.61. The van der Waals surface area contributed by atoms with E-state index in [4.69, 9.17) is 0 Å². The van der Waals surface area contributed by atoms with Crippen molar-refractivity contribution in [3.8, 4) is 5.69 Å². The molecule has 0 amide bonds. The van der Waals surface area contributed by atoms with E-state index in [1.165, 1.54) is 24.9 Å². The van der Waals surface area contributed by atoms with E-state index in [0.717, 1.165) is 12.8 Å². The molecule has 1 aromatic heterocycles. The molecule has 0 atom stereocenters. The van der Waals surface area contributed by atoms with Crippen LogP contribution in [0.1, 0.15) is 42.8 Å². The van der Waals surface area contributed by atoms with E-state index < -0.39 is 0 Å². The highest BCUT2D eigenvalue weighted by Gasteiger charge is 2.24. The van der Waals surface area contributed by atoms with Gasteiger partial charge in [-0.05, 0) is 55.4 Å². The van der Waals surface area contributed by atoms with Crippen LogP contribution in [0.15, 0.2) is 30.3 Å². The minimum atomic E-state index is 1.14. The summed E-state index contributed by atoms with van der Waals surface area (Å²) in [5.74, 6) is 0. The van der Waals surface area contributed by atoms with Crippen LogP contribution < -0.4 is 0 Å². The number of hydrogen-bond acceptors (Lipinski definition) is 0. The topological polar surface area (TPSA) is 4.93 Å². The van der Waals surface area contributed by atoms with Gasteiger partial charge in [0.1, 0.15) is 0 Å². The second-order valence-electron chi connectivity index (χ2n) is 5.08. The molecule has 1 nitrogen and oxygen atoms in total. The van der Waals surface area contributed by atoms with Crippen molar-refractivity contribution in [3.63, 3.8) is 0 Å². The van der Waals surface area contributed by atoms with E-state index in [9.17, 15) is 0 Å². The van der Waals surface area contributed by atoms with E-state index >= 15 is 0 Å². The van der Waals surface area contributed by atoms with Crippen LogP contribution in [0, 0.1) is 0 Å². The Bertz CT molecular complexity index is 519. The van der Waals surface area contributed by atoms with Gasteiger partial charge in [0.05, 0.1) is 0 Å². The van der Waals surface area contributed by atoms with Crippen LogP contribution in [0.4, 0.5) is 0 Å². The van der Waals surface area contributed by atoms with Crippen LogP contribution in [0.3, 0.4) is 0 Å². The Hall–Kier alpha value is -1.50. The molecule has 3 rings (SSSR count). The molecule has 1 aliphatic carbocycles. The van der Waals surface area contributed by atoms with Crippen molar-refractivity contribution in [2.24, 2.45) is 0 Å². The summed E-state index contributed by atoms with van der Waals surface area (Å²) in [6.45, 7) is 4.57. The predicted molar refractivity (Wildman–Crippen MR) is 76.6 cm³/mol. The van der Waals surface area contributed by atoms with Gasteiger partial charge in [-0.2, -0.15) is 0 Å². The Morgan fingerprint density at radius 3 is 1.94 bits per heavy atom. The highest BCUT2D eigenvalue weighted by atomic mass is 15.0. The number of rotatable bonds is 3. The number of aromatic nitrogens is 1. The Kier molecular flexibility index (Phi) is 2.99. The molecule has 0 bridgehead atoms. The van der Waals surface area contributed by atoms with Gasteiger partial charge in [-0.15, -0.1) is 0 Å². The van der Waals surface area contributed by atoms with Gasteiger partial charge in [0.25, 0.3) is 0 Å². The maximum atomic E-state index is 2.52. The van der Waals surface area contributed by atoms with E-state index in [1.807, 2.05) is 0 Å². The van der Waals surface area contributed by atoms with Crippen LogP contribution in [0.5, 0.6) is 0 Å². The fourth-order valence-electron chi connectivity index (χ4n) is 3.45. The largest absolute Gasteiger partial charge is 0.317 e. The molecule has 1 aliphatic rings. The SMILES string of the molecule is CCc1c2c(c(CC)n1-c1ccccc1)CCC2. The van der Waals surface area contributed by atoms with E-state index in [2.05, 4.69) is 48.7 Å². The molecule has 0 saturated carbocycles. The first kappa shape index (κ1) is 11.6. The zero-order chi connectivity index (χ0) is 12.5. The molecule has 0 aliphatic heterocycles. The summed E-state index contributed by atoms with van der Waals surface area (Å²) in [6, 6.07) is 10.8. The van der Waals surface area contributed by atoms with Crippen LogP contribution in [0.25, 0.3) is 5.69 Å². The number of fused-ring (bicyclic) bond motifs is 1.